The normalized spacial score (nSPS) is 24.8. The largest absolute Gasteiger partial charge is 0.469 e. The van der Waals surface area contributed by atoms with Crippen molar-refractivity contribution in [3.8, 4) is 0 Å². The summed E-state index contributed by atoms with van der Waals surface area (Å²) in [6.45, 7) is 0. The van der Waals surface area contributed by atoms with Gasteiger partial charge in [0.15, 0.2) is 5.92 Å². The number of methoxy groups -OCH3 is 2. The third kappa shape index (κ3) is 2.49. The molecular formula is C15H17NO5. The molecule has 0 unspecified atom stereocenters. The molecule has 1 aromatic carbocycles. The summed E-state index contributed by atoms with van der Waals surface area (Å²) in [5, 5.41) is 0. The number of hydrogen-bond donors (Lipinski definition) is 0. The molecule has 3 atom stereocenters. The van der Waals surface area contributed by atoms with Gasteiger partial charge in [0.05, 0.1) is 20.3 Å². The third-order valence-corrected chi connectivity index (χ3v) is 3.80. The van der Waals surface area contributed by atoms with Crippen LogP contribution in [0.25, 0.3) is 0 Å². The van der Waals surface area contributed by atoms with Crippen molar-refractivity contribution in [3.63, 3.8) is 0 Å². The molecule has 0 aliphatic carbocycles. The number of hydrogen-bond acceptors (Lipinski definition) is 5. The van der Waals surface area contributed by atoms with E-state index in [1.165, 1.54) is 19.1 Å². The van der Waals surface area contributed by atoms with E-state index in [1.807, 2.05) is 30.3 Å². The van der Waals surface area contributed by atoms with Crippen molar-refractivity contribution >= 4 is 17.8 Å². The van der Waals surface area contributed by atoms with Gasteiger partial charge < -0.3 is 14.4 Å². The molecule has 2 rings (SSSR count). The van der Waals surface area contributed by atoms with Crippen LogP contribution in [0.3, 0.4) is 0 Å². The van der Waals surface area contributed by atoms with E-state index < -0.39 is 35.7 Å². The Morgan fingerprint density at radius 2 is 1.62 bits per heavy atom. The van der Waals surface area contributed by atoms with Gasteiger partial charge in [0, 0.05) is 7.05 Å². The zero-order valence-corrected chi connectivity index (χ0v) is 12.1. The van der Waals surface area contributed by atoms with Gasteiger partial charge in [-0.2, -0.15) is 0 Å². The number of carbonyl (C=O) groups excluding carboxylic acids is 3. The standard InChI is InChI=1S/C15H17NO5/c1-16-12(9-7-5-4-6-8-9)10(14(18)20-2)11(13(16)17)15(19)21-3/h4-8,10-12H,1-3H3/t10-,11+,12-/m0/s1. The van der Waals surface area contributed by atoms with Crippen molar-refractivity contribution in [2.24, 2.45) is 11.8 Å². The molecule has 1 amide bonds. The summed E-state index contributed by atoms with van der Waals surface area (Å²) in [4.78, 5) is 37.7. The van der Waals surface area contributed by atoms with E-state index >= 15 is 0 Å². The van der Waals surface area contributed by atoms with Gasteiger partial charge in [-0.15, -0.1) is 0 Å². The Morgan fingerprint density at radius 3 is 2.14 bits per heavy atom. The van der Waals surface area contributed by atoms with Crippen molar-refractivity contribution in [2.75, 3.05) is 21.3 Å². The summed E-state index contributed by atoms with van der Waals surface area (Å²) in [7, 11) is 4.00. The molecule has 0 saturated carbocycles. The zero-order valence-electron chi connectivity index (χ0n) is 12.1. The second kappa shape index (κ2) is 5.95. The average Bonchev–Trinajstić information content (AvgIpc) is 2.78. The minimum Gasteiger partial charge on any atom is -0.469 e. The Hall–Kier alpha value is -2.37. The fourth-order valence-electron chi connectivity index (χ4n) is 2.79. The molecule has 21 heavy (non-hydrogen) atoms. The van der Waals surface area contributed by atoms with E-state index in [2.05, 4.69) is 4.74 Å². The number of rotatable bonds is 3. The molecule has 6 nitrogen and oxygen atoms in total. The van der Waals surface area contributed by atoms with Crippen molar-refractivity contribution < 1.29 is 23.9 Å². The zero-order chi connectivity index (χ0) is 15.6. The summed E-state index contributed by atoms with van der Waals surface area (Å²) in [6, 6.07) is 8.54. The molecule has 0 spiro atoms. The number of carbonyl (C=O) groups is 3. The molecule has 0 N–H and O–H groups in total. The van der Waals surface area contributed by atoms with Gasteiger partial charge in [0.25, 0.3) is 0 Å². The molecule has 1 aliphatic heterocycles. The van der Waals surface area contributed by atoms with Gasteiger partial charge in [-0.3, -0.25) is 14.4 Å². The maximum absolute atomic E-state index is 12.3. The predicted molar refractivity (Wildman–Crippen MR) is 73.0 cm³/mol. The lowest BCUT2D eigenvalue weighted by atomic mass is 9.86. The molecule has 0 bridgehead atoms. The summed E-state index contributed by atoms with van der Waals surface area (Å²) >= 11 is 0. The first kappa shape index (κ1) is 15.0. The second-order valence-corrected chi connectivity index (χ2v) is 4.85. The lowest BCUT2D eigenvalue weighted by molar-refractivity contribution is -0.158. The van der Waals surface area contributed by atoms with E-state index in [0.717, 1.165) is 5.56 Å². The lowest BCUT2D eigenvalue weighted by Crippen LogP contribution is -2.33. The fraction of sp³-hybridized carbons (Fsp3) is 0.400. The lowest BCUT2D eigenvalue weighted by Gasteiger charge is -2.24. The van der Waals surface area contributed by atoms with Crippen LogP contribution < -0.4 is 0 Å². The molecule has 6 heteroatoms. The first-order chi connectivity index (χ1) is 10.0. The number of benzene rings is 1. The van der Waals surface area contributed by atoms with Crippen LogP contribution in [-0.2, 0) is 23.9 Å². The maximum atomic E-state index is 12.3. The minimum atomic E-state index is -1.17. The third-order valence-electron chi connectivity index (χ3n) is 3.80. The van der Waals surface area contributed by atoms with Crippen molar-refractivity contribution in [1.82, 2.24) is 4.90 Å². The van der Waals surface area contributed by atoms with Crippen LogP contribution >= 0.6 is 0 Å². The van der Waals surface area contributed by atoms with Gasteiger partial charge in [-0.25, -0.2) is 0 Å². The number of likely N-dealkylation sites (tertiary alicyclic amines) is 1. The van der Waals surface area contributed by atoms with E-state index in [0.29, 0.717) is 0 Å². The number of amides is 1. The van der Waals surface area contributed by atoms with E-state index in [4.69, 9.17) is 4.74 Å². The molecule has 1 fully saturated rings. The van der Waals surface area contributed by atoms with Crippen LogP contribution in [0.15, 0.2) is 30.3 Å². The van der Waals surface area contributed by atoms with E-state index in [9.17, 15) is 14.4 Å². The Bertz CT molecular complexity index is 556. The van der Waals surface area contributed by atoms with Crippen LogP contribution in [0.5, 0.6) is 0 Å². The van der Waals surface area contributed by atoms with Gasteiger partial charge >= 0.3 is 11.9 Å². The van der Waals surface area contributed by atoms with Gasteiger partial charge in [0.2, 0.25) is 5.91 Å². The topological polar surface area (TPSA) is 72.9 Å². The number of nitrogens with zero attached hydrogens (tertiary/aromatic N) is 1. The van der Waals surface area contributed by atoms with Crippen LogP contribution in [0.4, 0.5) is 0 Å². The Balaban J connectivity index is 2.49. The minimum absolute atomic E-state index is 0.439. The van der Waals surface area contributed by atoms with Crippen molar-refractivity contribution in [2.45, 2.75) is 6.04 Å². The molecule has 1 heterocycles. The molecule has 0 aromatic heterocycles. The highest BCUT2D eigenvalue weighted by Crippen LogP contribution is 2.41. The Morgan fingerprint density at radius 1 is 1.05 bits per heavy atom. The Labute approximate surface area is 122 Å². The monoisotopic (exact) mass is 291 g/mol. The summed E-state index contributed by atoms with van der Waals surface area (Å²) in [5.41, 5.74) is 0.773. The molecular weight excluding hydrogens is 274 g/mol. The highest BCUT2D eigenvalue weighted by Gasteiger charge is 2.55. The van der Waals surface area contributed by atoms with Gasteiger partial charge in [0.1, 0.15) is 5.92 Å². The fourth-order valence-corrected chi connectivity index (χ4v) is 2.79. The molecule has 112 valence electrons. The maximum Gasteiger partial charge on any atom is 0.319 e. The van der Waals surface area contributed by atoms with Gasteiger partial charge in [-0.1, -0.05) is 30.3 Å². The van der Waals surface area contributed by atoms with Crippen LogP contribution in [-0.4, -0.2) is 44.0 Å². The molecule has 1 saturated heterocycles. The van der Waals surface area contributed by atoms with Gasteiger partial charge in [-0.05, 0) is 5.56 Å². The first-order valence-electron chi connectivity index (χ1n) is 6.50. The summed E-state index contributed by atoms with van der Waals surface area (Å²) in [6.07, 6.45) is 0. The molecule has 1 aromatic rings. The van der Waals surface area contributed by atoms with Crippen LogP contribution in [0, 0.1) is 11.8 Å². The SMILES string of the molecule is COC(=O)[C@H]1C(=O)N(C)[C@@H](c2ccccc2)[C@H]1C(=O)OC. The summed E-state index contributed by atoms with van der Waals surface area (Å²) in [5.74, 6) is -3.84. The second-order valence-electron chi connectivity index (χ2n) is 4.85. The van der Waals surface area contributed by atoms with Crippen LogP contribution in [0.2, 0.25) is 0 Å². The number of esters is 2. The first-order valence-corrected chi connectivity index (χ1v) is 6.50. The van der Waals surface area contributed by atoms with Crippen LogP contribution in [0.1, 0.15) is 11.6 Å². The highest BCUT2D eigenvalue weighted by molar-refractivity contribution is 6.04. The molecule has 1 aliphatic rings. The quantitative estimate of drug-likeness (QED) is 0.608. The van der Waals surface area contributed by atoms with E-state index in [1.54, 1.807) is 7.05 Å². The predicted octanol–water partition coefficient (Wildman–Crippen LogP) is 0.778. The smallest absolute Gasteiger partial charge is 0.319 e. The number of ether oxygens (including phenoxy) is 2. The van der Waals surface area contributed by atoms with Crippen molar-refractivity contribution in [3.05, 3.63) is 35.9 Å². The molecule has 0 radical (unpaired) electrons. The highest BCUT2D eigenvalue weighted by atomic mass is 16.5. The van der Waals surface area contributed by atoms with E-state index in [-0.39, 0.29) is 0 Å². The Kier molecular flexibility index (Phi) is 4.26. The van der Waals surface area contributed by atoms with Crippen molar-refractivity contribution in [1.29, 1.82) is 0 Å². The average molecular weight is 291 g/mol. The summed E-state index contributed by atoms with van der Waals surface area (Å²) < 4.78 is 9.45.